The van der Waals surface area contributed by atoms with Crippen LogP contribution in [0.15, 0.2) is 84.0 Å². The van der Waals surface area contributed by atoms with Crippen LogP contribution in [0.4, 0.5) is 4.39 Å². The Balaban J connectivity index is 0.952. The zero-order valence-electron chi connectivity index (χ0n) is 27.6. The predicted octanol–water partition coefficient (Wildman–Crippen LogP) is 7.10. The van der Waals surface area contributed by atoms with E-state index >= 15 is 4.39 Å². The summed E-state index contributed by atoms with van der Waals surface area (Å²) >= 11 is 1.50. The van der Waals surface area contributed by atoms with Gasteiger partial charge in [0.15, 0.2) is 21.4 Å². The number of hydrogen-bond acceptors (Lipinski definition) is 9. The van der Waals surface area contributed by atoms with E-state index in [1.165, 1.54) is 23.0 Å². The molecule has 2 aliphatic rings. The highest BCUT2D eigenvalue weighted by Crippen LogP contribution is 2.40. The molecule has 0 amide bonds. The molecule has 0 atom stereocenters. The smallest absolute Gasteiger partial charge is 0.181 e. The Morgan fingerprint density at radius 2 is 1.69 bits per heavy atom. The number of carbonyl (C=O) groups is 1. The second kappa shape index (κ2) is 14.1. The van der Waals surface area contributed by atoms with Gasteiger partial charge in [-0.05, 0) is 80.3 Å². The van der Waals surface area contributed by atoms with E-state index in [9.17, 15) is 13.2 Å². The van der Waals surface area contributed by atoms with E-state index in [2.05, 4.69) is 27.9 Å². The monoisotopic (exact) mass is 698 g/mol. The summed E-state index contributed by atoms with van der Waals surface area (Å²) in [7, 11) is -1.25. The molecule has 2 fully saturated rings. The Bertz CT molecular complexity index is 2070. The van der Waals surface area contributed by atoms with E-state index in [4.69, 9.17) is 9.72 Å². The molecule has 0 bridgehead atoms. The number of pyridine rings is 2. The van der Waals surface area contributed by atoms with Gasteiger partial charge in [0.05, 0.1) is 30.9 Å². The zero-order chi connectivity index (χ0) is 34.1. The fourth-order valence-electron chi connectivity index (χ4n) is 6.54. The molecule has 0 unspecified atom stereocenters. The maximum absolute atomic E-state index is 15.3. The Kier molecular flexibility index (Phi) is 9.61. The number of thiophene rings is 1. The lowest BCUT2D eigenvalue weighted by molar-refractivity contribution is -0.119. The second-order valence-corrected chi connectivity index (χ2v) is 16.6. The maximum atomic E-state index is 15.3. The molecule has 11 heteroatoms. The second-order valence-electron chi connectivity index (χ2n) is 13.4. The number of ketones is 1. The Morgan fingerprint density at radius 3 is 2.41 bits per heavy atom. The van der Waals surface area contributed by atoms with Crippen LogP contribution in [0.25, 0.3) is 20.8 Å². The van der Waals surface area contributed by atoms with Crippen LogP contribution in [0.3, 0.4) is 0 Å². The fraction of sp³-hybridized carbons (Fsp3) is 0.342. The molecule has 254 valence electrons. The van der Waals surface area contributed by atoms with Crippen molar-refractivity contribution in [2.24, 2.45) is 5.92 Å². The molecule has 49 heavy (non-hydrogen) atoms. The molecule has 5 aromatic rings. The van der Waals surface area contributed by atoms with E-state index in [-0.39, 0.29) is 30.3 Å². The minimum atomic E-state index is -3.40. The van der Waals surface area contributed by atoms with Crippen molar-refractivity contribution in [2.75, 3.05) is 33.2 Å². The molecule has 1 saturated heterocycles. The van der Waals surface area contributed by atoms with E-state index in [0.29, 0.717) is 29.1 Å². The molecule has 2 aromatic carbocycles. The van der Waals surface area contributed by atoms with E-state index in [1.807, 2.05) is 25.3 Å². The number of fused-ring (bicyclic) bond motifs is 1. The number of rotatable bonds is 11. The van der Waals surface area contributed by atoms with Crippen LogP contribution in [0.5, 0.6) is 11.5 Å². The molecule has 8 nitrogen and oxygen atoms in total. The standard InChI is InChI=1S/C38H39FN4O4S2/c1-25-3-7-30(8-4-25)49(45,46)31-19-28(20-31)18-29(44)17-26-6-10-35(32(39)21-26)47-36-11-12-40-34-22-37(48-38(34)36)33-9-5-27(23-41-33)24-43-15-13-42(2)14-16-43/h3-12,21-23,28,31H,13-20,24H2,1-2H3. The summed E-state index contributed by atoms with van der Waals surface area (Å²) in [5.74, 6) is -0.0149. The molecule has 1 aliphatic carbocycles. The minimum absolute atomic E-state index is 0.0187. The molecule has 1 saturated carbocycles. The number of carbonyl (C=O) groups excluding carboxylic acids is 1. The average Bonchev–Trinajstić information content (AvgIpc) is 3.51. The number of piperazine rings is 1. The topological polar surface area (TPSA) is 92.7 Å². The average molecular weight is 699 g/mol. The molecular formula is C38H39FN4O4S2. The summed E-state index contributed by atoms with van der Waals surface area (Å²) < 4.78 is 47.9. The predicted molar refractivity (Wildman–Crippen MR) is 190 cm³/mol. The third kappa shape index (κ3) is 7.60. The number of halogens is 1. The lowest BCUT2D eigenvalue weighted by Gasteiger charge is -2.34. The van der Waals surface area contributed by atoms with Crippen molar-refractivity contribution < 1.29 is 22.3 Å². The van der Waals surface area contributed by atoms with Gasteiger partial charge in [-0.25, -0.2) is 12.8 Å². The number of benzene rings is 2. The molecule has 1 aliphatic heterocycles. The summed E-state index contributed by atoms with van der Waals surface area (Å²) in [6.07, 6.45) is 4.87. The minimum Gasteiger partial charge on any atom is -0.453 e. The highest BCUT2D eigenvalue weighted by Gasteiger charge is 2.40. The summed E-state index contributed by atoms with van der Waals surface area (Å²) in [5.41, 5.74) is 4.33. The van der Waals surface area contributed by atoms with Crippen LogP contribution in [0.1, 0.15) is 36.0 Å². The summed E-state index contributed by atoms with van der Waals surface area (Å²) in [6, 6.07) is 19.3. The fourth-order valence-corrected chi connectivity index (χ4v) is 9.54. The van der Waals surface area contributed by atoms with Gasteiger partial charge < -0.3 is 9.64 Å². The van der Waals surface area contributed by atoms with E-state index in [0.717, 1.165) is 59.1 Å². The molecule has 0 radical (unpaired) electrons. The van der Waals surface area contributed by atoms with Gasteiger partial charge in [-0.3, -0.25) is 19.7 Å². The van der Waals surface area contributed by atoms with Crippen LogP contribution < -0.4 is 4.74 Å². The third-order valence-corrected chi connectivity index (χ3v) is 12.9. The van der Waals surface area contributed by atoms with Crippen LogP contribution >= 0.6 is 11.3 Å². The van der Waals surface area contributed by atoms with Crippen molar-refractivity contribution in [2.45, 2.75) is 49.3 Å². The number of aryl methyl sites for hydroxylation is 1. The number of aromatic nitrogens is 2. The lowest BCUT2D eigenvalue weighted by Crippen LogP contribution is -2.43. The number of hydrogen-bond donors (Lipinski definition) is 0. The first-order chi connectivity index (χ1) is 23.6. The van der Waals surface area contributed by atoms with Gasteiger partial charge in [0.2, 0.25) is 0 Å². The number of nitrogens with zero attached hydrogens (tertiary/aromatic N) is 4. The number of likely N-dealkylation sites (N-methyl/N-ethyl adjacent to an activating group) is 1. The van der Waals surface area contributed by atoms with Crippen molar-refractivity contribution in [1.29, 1.82) is 0 Å². The third-order valence-electron chi connectivity index (χ3n) is 9.57. The number of sulfone groups is 1. The first-order valence-corrected chi connectivity index (χ1v) is 19.0. The normalized spacial score (nSPS) is 18.8. The van der Waals surface area contributed by atoms with Crippen molar-refractivity contribution in [3.63, 3.8) is 0 Å². The lowest BCUT2D eigenvalue weighted by atomic mass is 9.80. The molecule has 3 aromatic heterocycles. The van der Waals surface area contributed by atoms with Gasteiger partial charge in [0.25, 0.3) is 0 Å². The van der Waals surface area contributed by atoms with Gasteiger partial charge in [0, 0.05) is 64.0 Å². The van der Waals surface area contributed by atoms with Crippen LogP contribution in [0, 0.1) is 18.7 Å². The molecular weight excluding hydrogens is 660 g/mol. The largest absolute Gasteiger partial charge is 0.453 e. The first kappa shape index (κ1) is 33.5. The summed E-state index contributed by atoms with van der Waals surface area (Å²) in [6.45, 7) is 7.06. The molecule has 7 rings (SSSR count). The van der Waals surface area contributed by atoms with Gasteiger partial charge in [-0.15, -0.1) is 11.3 Å². The van der Waals surface area contributed by atoms with Gasteiger partial charge >= 0.3 is 0 Å². The van der Waals surface area contributed by atoms with E-state index in [1.54, 1.807) is 48.7 Å². The summed E-state index contributed by atoms with van der Waals surface area (Å²) in [4.78, 5) is 28.1. The van der Waals surface area contributed by atoms with Crippen LogP contribution in [-0.4, -0.2) is 72.4 Å². The Morgan fingerprint density at radius 1 is 0.939 bits per heavy atom. The van der Waals surface area contributed by atoms with E-state index < -0.39 is 20.9 Å². The van der Waals surface area contributed by atoms with Crippen molar-refractivity contribution in [3.05, 3.63) is 102 Å². The van der Waals surface area contributed by atoms with Crippen molar-refractivity contribution in [1.82, 2.24) is 19.8 Å². The van der Waals surface area contributed by atoms with Crippen LogP contribution in [-0.2, 0) is 27.6 Å². The zero-order valence-corrected chi connectivity index (χ0v) is 29.3. The van der Waals surface area contributed by atoms with Gasteiger partial charge in [-0.1, -0.05) is 29.8 Å². The Hall–Kier alpha value is -4.03. The number of ether oxygens (including phenoxy) is 1. The van der Waals surface area contributed by atoms with Crippen LogP contribution in [0.2, 0.25) is 0 Å². The van der Waals surface area contributed by atoms with Crippen molar-refractivity contribution >= 4 is 37.2 Å². The first-order valence-electron chi connectivity index (χ1n) is 16.6. The molecule has 0 N–H and O–H groups in total. The van der Waals surface area contributed by atoms with Gasteiger partial charge in [0.1, 0.15) is 11.5 Å². The molecule has 0 spiro atoms. The maximum Gasteiger partial charge on any atom is 0.181 e. The highest BCUT2D eigenvalue weighted by atomic mass is 32.2. The highest BCUT2D eigenvalue weighted by molar-refractivity contribution is 7.92. The van der Waals surface area contributed by atoms with Crippen molar-refractivity contribution in [3.8, 4) is 22.1 Å². The number of Topliss-reactive ketones (excluding diaryl/α,β-unsaturated/α-hetero) is 1. The summed E-state index contributed by atoms with van der Waals surface area (Å²) in [5, 5.41) is -0.463. The SMILES string of the molecule is Cc1ccc(S(=O)(=O)C2CC(CC(=O)Cc3ccc(Oc4ccnc5cc(-c6ccc(CN7CCN(C)CC7)cn6)sc45)c(F)c3)C2)cc1. The quantitative estimate of drug-likeness (QED) is 0.144. The Labute approximate surface area is 290 Å². The van der Waals surface area contributed by atoms with Gasteiger partial charge in [-0.2, -0.15) is 0 Å². The molecule has 4 heterocycles.